The number of rotatable bonds is 12. The maximum Gasteiger partial charge on any atom is 0.411 e. The van der Waals surface area contributed by atoms with Gasteiger partial charge in [-0.15, -0.1) is 35.0 Å². The van der Waals surface area contributed by atoms with Crippen LogP contribution in [0.3, 0.4) is 0 Å². The minimum atomic E-state index is -1.30. The van der Waals surface area contributed by atoms with Gasteiger partial charge in [-0.1, -0.05) is 30.3 Å². The number of ether oxygens (including phenoxy) is 1. The number of carboxylic acids is 1. The third-order valence-corrected chi connectivity index (χ3v) is 8.02. The summed E-state index contributed by atoms with van der Waals surface area (Å²) in [5.74, 6) is -1.03. The Morgan fingerprint density at radius 2 is 1.73 bits per heavy atom. The molecule has 4 rings (SSSR count). The van der Waals surface area contributed by atoms with Crippen molar-refractivity contribution in [2.45, 2.75) is 17.8 Å². The van der Waals surface area contributed by atoms with Crippen molar-refractivity contribution in [1.29, 1.82) is 0 Å². The summed E-state index contributed by atoms with van der Waals surface area (Å²) in [7, 11) is 0. The SMILES string of the molecule is O=C(Cc1ccccc1)N[C@@H]1C(=O)N2C(C(=O)O)=C(COC(=O)Nc3ccc(N(CCCl)CCCl)cc3)CS[C@H]12. The lowest BCUT2D eigenvalue weighted by atomic mass is 10.0. The number of hydrogen-bond donors (Lipinski definition) is 3. The first-order chi connectivity index (χ1) is 19.3. The number of alkyl halides is 2. The van der Waals surface area contributed by atoms with Gasteiger partial charge in [0.15, 0.2) is 0 Å². The lowest BCUT2D eigenvalue weighted by molar-refractivity contribution is -0.150. The Hall–Kier alpha value is -3.41. The van der Waals surface area contributed by atoms with Crippen molar-refractivity contribution in [3.05, 3.63) is 71.4 Å². The van der Waals surface area contributed by atoms with Crippen LogP contribution in [0, 0.1) is 0 Å². The van der Waals surface area contributed by atoms with Crippen LogP contribution in [0.25, 0.3) is 0 Å². The van der Waals surface area contributed by atoms with Gasteiger partial charge in [-0.05, 0) is 29.8 Å². The largest absolute Gasteiger partial charge is 0.477 e. The fourth-order valence-corrected chi connectivity index (χ4v) is 6.17. The normalized spacial score (nSPS) is 17.9. The molecule has 2 aromatic carbocycles. The molecule has 2 aliphatic heterocycles. The summed E-state index contributed by atoms with van der Waals surface area (Å²) in [4.78, 5) is 52.9. The molecule has 0 aromatic heterocycles. The number of nitrogens with one attached hydrogen (secondary N) is 2. The Kier molecular flexibility index (Phi) is 10.2. The van der Waals surface area contributed by atoms with Gasteiger partial charge in [-0.25, -0.2) is 9.59 Å². The van der Waals surface area contributed by atoms with E-state index in [0.717, 1.165) is 16.2 Å². The zero-order chi connectivity index (χ0) is 28.6. The third kappa shape index (κ3) is 7.01. The van der Waals surface area contributed by atoms with Crippen molar-refractivity contribution in [2.75, 3.05) is 47.4 Å². The maximum atomic E-state index is 12.8. The predicted molar refractivity (Wildman–Crippen MR) is 155 cm³/mol. The molecule has 10 nitrogen and oxygen atoms in total. The number of β-lactam (4-membered cyclic amide) rings is 1. The number of amides is 3. The molecule has 3 amide bonds. The van der Waals surface area contributed by atoms with Gasteiger partial charge in [0.2, 0.25) is 5.91 Å². The molecule has 0 saturated carbocycles. The van der Waals surface area contributed by atoms with E-state index >= 15 is 0 Å². The van der Waals surface area contributed by atoms with Gasteiger partial charge in [-0.3, -0.25) is 19.8 Å². The van der Waals surface area contributed by atoms with Crippen LogP contribution in [-0.2, 0) is 25.5 Å². The van der Waals surface area contributed by atoms with E-state index in [1.807, 2.05) is 47.4 Å². The van der Waals surface area contributed by atoms with E-state index in [4.69, 9.17) is 27.9 Å². The first-order valence-electron chi connectivity index (χ1n) is 12.5. The molecule has 2 aromatic rings. The fourth-order valence-electron chi connectivity index (χ4n) is 4.44. The van der Waals surface area contributed by atoms with E-state index in [9.17, 15) is 24.3 Å². The van der Waals surface area contributed by atoms with Crippen LogP contribution < -0.4 is 15.5 Å². The molecule has 1 saturated heterocycles. The summed E-state index contributed by atoms with van der Waals surface area (Å²) in [6.45, 7) is 0.950. The van der Waals surface area contributed by atoms with Gasteiger partial charge in [-0.2, -0.15) is 0 Å². The zero-order valence-electron chi connectivity index (χ0n) is 21.3. The molecular weight excluding hydrogens is 579 g/mol. The molecule has 0 unspecified atom stereocenters. The van der Waals surface area contributed by atoms with Crippen LogP contribution in [0.5, 0.6) is 0 Å². The van der Waals surface area contributed by atoms with Crippen molar-refractivity contribution in [1.82, 2.24) is 10.2 Å². The number of aliphatic carboxylic acids is 1. The second-order valence-corrected chi connectivity index (χ2v) is 10.8. The average Bonchev–Trinajstić information content (AvgIpc) is 2.95. The van der Waals surface area contributed by atoms with E-state index in [2.05, 4.69) is 10.6 Å². The summed E-state index contributed by atoms with van der Waals surface area (Å²) < 4.78 is 5.28. The van der Waals surface area contributed by atoms with E-state index < -0.39 is 29.4 Å². The van der Waals surface area contributed by atoms with Crippen molar-refractivity contribution >= 4 is 70.2 Å². The molecule has 0 radical (unpaired) electrons. The van der Waals surface area contributed by atoms with Crippen molar-refractivity contribution in [3.63, 3.8) is 0 Å². The molecule has 0 aliphatic carbocycles. The van der Waals surface area contributed by atoms with E-state index in [0.29, 0.717) is 36.1 Å². The molecule has 40 heavy (non-hydrogen) atoms. The van der Waals surface area contributed by atoms with E-state index in [-0.39, 0.29) is 30.4 Å². The van der Waals surface area contributed by atoms with Crippen molar-refractivity contribution in [3.8, 4) is 0 Å². The number of nitrogens with zero attached hydrogens (tertiary/aromatic N) is 2. The molecule has 212 valence electrons. The zero-order valence-corrected chi connectivity index (χ0v) is 23.7. The fraction of sp³-hybridized carbons (Fsp3) is 0.333. The van der Waals surface area contributed by atoms with Crippen LogP contribution in [0.4, 0.5) is 16.2 Å². The van der Waals surface area contributed by atoms with E-state index in [1.165, 1.54) is 11.8 Å². The molecule has 0 spiro atoms. The molecular formula is C27H28Cl2N4O6S. The number of thioether (sulfide) groups is 1. The topological polar surface area (TPSA) is 128 Å². The Balaban J connectivity index is 1.33. The molecule has 3 N–H and O–H groups in total. The number of benzene rings is 2. The molecule has 0 bridgehead atoms. The number of carbonyl (C=O) groups excluding carboxylic acids is 3. The molecule has 2 atom stereocenters. The van der Waals surface area contributed by atoms with Gasteiger partial charge in [0.1, 0.15) is 23.7 Å². The highest BCUT2D eigenvalue weighted by Gasteiger charge is 2.54. The second-order valence-electron chi connectivity index (χ2n) is 8.99. The van der Waals surface area contributed by atoms with Crippen molar-refractivity contribution < 1.29 is 29.0 Å². The van der Waals surface area contributed by atoms with Crippen LogP contribution in [0.1, 0.15) is 5.56 Å². The highest BCUT2D eigenvalue weighted by Crippen LogP contribution is 2.40. The molecule has 1 fully saturated rings. The minimum absolute atomic E-state index is 0.111. The quantitative estimate of drug-likeness (QED) is 0.247. The number of halogens is 2. The number of anilines is 2. The highest BCUT2D eigenvalue weighted by molar-refractivity contribution is 8.00. The Labute approximate surface area is 245 Å². The number of carboxylic acid groups (broad SMARTS) is 1. The summed E-state index contributed by atoms with van der Waals surface area (Å²) in [5, 5.41) is 14.6. The maximum absolute atomic E-state index is 12.8. The van der Waals surface area contributed by atoms with Gasteiger partial charge in [0, 0.05) is 47.6 Å². The Bertz CT molecular complexity index is 1270. The smallest absolute Gasteiger partial charge is 0.411 e. The predicted octanol–water partition coefficient (Wildman–Crippen LogP) is 3.50. The van der Waals surface area contributed by atoms with Crippen LogP contribution in [-0.4, -0.2) is 82.5 Å². The van der Waals surface area contributed by atoms with Gasteiger partial charge < -0.3 is 20.1 Å². The summed E-state index contributed by atoms with van der Waals surface area (Å²) in [5.41, 5.74) is 2.26. The first kappa shape index (κ1) is 29.6. The van der Waals surface area contributed by atoms with Gasteiger partial charge in [0.05, 0.1) is 6.42 Å². The van der Waals surface area contributed by atoms with E-state index in [1.54, 1.807) is 12.1 Å². The monoisotopic (exact) mass is 606 g/mol. The Morgan fingerprint density at radius 1 is 1.05 bits per heavy atom. The standard InChI is InChI=1S/C27H28Cl2N4O6S/c28-10-12-32(13-11-29)20-8-6-19(7-9-20)30-27(38)39-15-18-16-40-25-22(24(35)33(25)23(18)26(36)37)31-21(34)14-17-4-2-1-3-5-17/h1-9,22,25H,10-16H2,(H,30,38)(H,31,34)(H,36,37)/t22-,25-/m1/s1. The van der Waals surface area contributed by atoms with Crippen LogP contribution >= 0.6 is 35.0 Å². The lowest BCUT2D eigenvalue weighted by Crippen LogP contribution is -2.70. The first-order valence-corrected chi connectivity index (χ1v) is 14.6. The van der Waals surface area contributed by atoms with Gasteiger partial charge >= 0.3 is 12.1 Å². The van der Waals surface area contributed by atoms with Crippen LogP contribution in [0.2, 0.25) is 0 Å². The average molecular weight is 608 g/mol. The minimum Gasteiger partial charge on any atom is -0.477 e. The van der Waals surface area contributed by atoms with Crippen LogP contribution in [0.15, 0.2) is 65.9 Å². The summed E-state index contributed by atoms with van der Waals surface area (Å²) in [6.07, 6.45) is -0.656. The molecule has 13 heteroatoms. The Morgan fingerprint density at radius 3 is 2.35 bits per heavy atom. The lowest BCUT2D eigenvalue weighted by Gasteiger charge is -2.49. The number of carbonyl (C=O) groups is 4. The highest BCUT2D eigenvalue weighted by atomic mass is 35.5. The molecule has 2 aliphatic rings. The summed E-state index contributed by atoms with van der Waals surface area (Å²) in [6, 6.07) is 15.3. The number of hydrogen-bond acceptors (Lipinski definition) is 7. The third-order valence-electron chi connectivity index (χ3n) is 6.34. The number of fused-ring (bicyclic) bond motifs is 1. The van der Waals surface area contributed by atoms with Crippen molar-refractivity contribution in [2.24, 2.45) is 0 Å². The van der Waals surface area contributed by atoms with Gasteiger partial charge in [0.25, 0.3) is 5.91 Å². The summed E-state index contributed by atoms with van der Waals surface area (Å²) >= 11 is 13.0. The second kappa shape index (κ2) is 13.8. The molecule has 2 heterocycles.